The van der Waals surface area contributed by atoms with Gasteiger partial charge in [0.1, 0.15) is 0 Å². The Labute approximate surface area is 71.5 Å². The Balaban J connectivity index is 2.97. The van der Waals surface area contributed by atoms with Crippen LogP contribution in [-0.4, -0.2) is 4.01 Å². The van der Waals surface area contributed by atoms with E-state index < -0.39 is 0 Å². The van der Waals surface area contributed by atoms with Gasteiger partial charge in [0.15, 0.2) is 0 Å². The molecule has 0 bridgehead atoms. The number of halogens is 3. The highest BCUT2D eigenvalue weighted by Crippen LogP contribution is 2.22. The molecule has 0 aliphatic carbocycles. The van der Waals surface area contributed by atoms with Crippen molar-refractivity contribution in [3.05, 3.63) is 19.7 Å². The molecule has 0 nitrogen and oxygen atoms in total. The lowest BCUT2D eigenvalue weighted by atomic mass is 10.5. The first-order valence-electron chi connectivity index (χ1n) is 1.98. The highest BCUT2D eigenvalue weighted by molar-refractivity contribution is 14.2. The van der Waals surface area contributed by atoms with Crippen LogP contribution in [0.1, 0.15) is 0 Å². The van der Waals surface area contributed by atoms with E-state index in [9.17, 15) is 0 Å². The largest absolute Gasteiger partial charge is 0.0921 e. The second kappa shape index (κ2) is 3.13. The molecule has 1 aliphatic rings. The first-order valence-corrected chi connectivity index (χ1v) is 5.64. The molecule has 0 unspecified atom stereocenters. The third-order valence-electron chi connectivity index (χ3n) is 0.669. The predicted octanol–water partition coefficient (Wildman–Crippen LogP) is 3.13. The summed E-state index contributed by atoms with van der Waals surface area (Å²) in [5, 5.41) is 0.861. The molecule has 1 heterocycles. The molecular formula is C5H3BrClI. The van der Waals surface area contributed by atoms with E-state index in [2.05, 4.69) is 24.0 Å². The summed E-state index contributed by atoms with van der Waals surface area (Å²) in [6, 6.07) is 0. The molecule has 0 fully saturated rings. The van der Waals surface area contributed by atoms with E-state index in [0.717, 1.165) is 9.51 Å². The van der Waals surface area contributed by atoms with Crippen LogP contribution in [0.4, 0.5) is 0 Å². The molecule has 0 spiro atoms. The molecule has 1 aliphatic heterocycles. The van der Waals surface area contributed by atoms with Crippen LogP contribution < -0.4 is 0 Å². The fourth-order valence-electron chi connectivity index (χ4n) is 0.315. The van der Waals surface area contributed by atoms with E-state index in [1.165, 1.54) is 0 Å². The topological polar surface area (TPSA) is 0 Å². The van der Waals surface area contributed by atoms with Crippen molar-refractivity contribution in [1.29, 1.82) is 0 Å². The molecular weight excluding hydrogens is 302 g/mol. The molecule has 0 aromatic rings. The minimum atomic E-state index is 0.122. The maximum Gasteiger partial charge on any atom is 0.0604 e. The Morgan fingerprint density at radius 1 is 1.62 bits per heavy atom. The summed E-state index contributed by atoms with van der Waals surface area (Å²) in [5.41, 5.74) is 0. The van der Waals surface area contributed by atoms with Crippen LogP contribution in [0.2, 0.25) is 0 Å². The minimum Gasteiger partial charge on any atom is -0.0921 e. The molecule has 0 aromatic carbocycles. The van der Waals surface area contributed by atoms with Crippen LogP contribution in [0.3, 0.4) is 0 Å². The first-order chi connectivity index (χ1) is 3.80. The van der Waals surface area contributed by atoms with Crippen LogP contribution in [0.15, 0.2) is 19.7 Å². The molecule has 8 heavy (non-hydrogen) atoms. The van der Waals surface area contributed by atoms with Crippen LogP contribution in [0.5, 0.6) is 0 Å². The Morgan fingerprint density at radius 3 is 2.75 bits per heavy atom. The van der Waals surface area contributed by atoms with Crippen LogP contribution >= 0.6 is 48.3 Å². The summed E-state index contributed by atoms with van der Waals surface area (Å²) < 4.78 is 5.24. The summed E-state index contributed by atoms with van der Waals surface area (Å²) >= 11 is 9.14. The Hall–Kier alpha value is 0.850. The van der Waals surface area contributed by atoms with E-state index in [1.54, 1.807) is 0 Å². The van der Waals surface area contributed by atoms with Crippen molar-refractivity contribution in [3.63, 3.8) is 0 Å². The van der Waals surface area contributed by atoms with Gasteiger partial charge in [0.2, 0.25) is 0 Å². The van der Waals surface area contributed by atoms with E-state index in [4.69, 9.17) is 11.6 Å². The van der Waals surface area contributed by atoms with Gasteiger partial charge >= 0.3 is 0 Å². The van der Waals surface area contributed by atoms with Gasteiger partial charge in [-0.3, -0.25) is 0 Å². The molecule has 3 heteroatoms. The van der Waals surface area contributed by atoms with Crippen molar-refractivity contribution in [2.75, 3.05) is 0 Å². The van der Waals surface area contributed by atoms with Gasteiger partial charge in [-0.15, -0.1) is 0 Å². The SMILES string of the molecule is ClC1=C(Br)C=CI=C1. The molecule has 0 radical (unpaired) electrons. The number of allylic oxidation sites excluding steroid dienone is 3. The normalized spacial score (nSPS) is 18.8. The van der Waals surface area contributed by atoms with Gasteiger partial charge in [-0.2, -0.15) is 0 Å². The number of hydrogen-bond acceptors (Lipinski definition) is 0. The molecule has 0 saturated heterocycles. The molecule has 0 aromatic heterocycles. The zero-order valence-electron chi connectivity index (χ0n) is 3.87. The maximum atomic E-state index is 5.72. The molecule has 0 atom stereocenters. The van der Waals surface area contributed by atoms with Crippen molar-refractivity contribution >= 4 is 52.3 Å². The Morgan fingerprint density at radius 2 is 2.38 bits per heavy atom. The summed E-state index contributed by atoms with van der Waals surface area (Å²) in [6.07, 6.45) is 2.01. The zero-order chi connectivity index (χ0) is 5.98. The van der Waals surface area contributed by atoms with Gasteiger partial charge in [-0.1, -0.05) is 32.3 Å². The maximum absolute atomic E-state index is 5.72. The smallest absolute Gasteiger partial charge is 0.0604 e. The first kappa shape index (κ1) is 6.96. The molecule has 0 N–H and O–H groups in total. The predicted molar refractivity (Wildman–Crippen MR) is 51.0 cm³/mol. The van der Waals surface area contributed by atoms with E-state index in [-0.39, 0.29) is 20.7 Å². The lowest BCUT2D eigenvalue weighted by molar-refractivity contribution is 1.98. The fraction of sp³-hybridized carbons (Fsp3) is 0. The Kier molecular flexibility index (Phi) is 2.72. The lowest BCUT2D eigenvalue weighted by Gasteiger charge is -1.94. The van der Waals surface area contributed by atoms with Crippen molar-refractivity contribution in [1.82, 2.24) is 0 Å². The van der Waals surface area contributed by atoms with Gasteiger partial charge in [-0.25, -0.2) is 0 Å². The van der Waals surface area contributed by atoms with E-state index >= 15 is 0 Å². The number of rotatable bonds is 0. The van der Waals surface area contributed by atoms with Crippen molar-refractivity contribution in [2.24, 2.45) is 0 Å². The quantitative estimate of drug-likeness (QED) is 0.603. The van der Waals surface area contributed by atoms with Crippen LogP contribution in [0.25, 0.3) is 0 Å². The summed E-state index contributed by atoms with van der Waals surface area (Å²) in [7, 11) is 0. The van der Waals surface area contributed by atoms with Crippen LogP contribution in [-0.2, 0) is 0 Å². The molecule has 0 saturated carbocycles. The third kappa shape index (κ3) is 1.67. The monoisotopic (exact) mass is 304 g/mol. The van der Waals surface area contributed by atoms with Gasteiger partial charge in [-0.05, 0) is 30.1 Å². The summed E-state index contributed by atoms with van der Waals surface area (Å²) in [6.45, 7) is 0. The Bertz CT molecular complexity index is 161. The second-order valence-corrected chi connectivity index (χ2v) is 4.55. The average Bonchev–Trinajstić information content (AvgIpc) is 1.77. The third-order valence-corrected chi connectivity index (χ3v) is 4.03. The van der Waals surface area contributed by atoms with Gasteiger partial charge in [0, 0.05) is 4.48 Å². The van der Waals surface area contributed by atoms with E-state index in [1.807, 2.05) is 6.08 Å². The molecule has 1 rings (SSSR count). The van der Waals surface area contributed by atoms with Gasteiger partial charge in [0.25, 0.3) is 0 Å². The second-order valence-electron chi connectivity index (χ2n) is 1.22. The standard InChI is InChI=1S/C5H3BrClI/c6-4-1-2-8-3-5(4)7/h1-3H. The van der Waals surface area contributed by atoms with Crippen LogP contribution in [0, 0.1) is 0 Å². The molecule has 0 amide bonds. The zero-order valence-corrected chi connectivity index (χ0v) is 8.37. The lowest BCUT2D eigenvalue weighted by Crippen LogP contribution is -1.75. The van der Waals surface area contributed by atoms with Crippen molar-refractivity contribution in [2.45, 2.75) is 0 Å². The highest BCUT2D eigenvalue weighted by Gasteiger charge is 1.94. The highest BCUT2D eigenvalue weighted by atomic mass is 127. The summed E-state index contributed by atoms with van der Waals surface area (Å²) in [5.74, 6) is 0. The summed E-state index contributed by atoms with van der Waals surface area (Å²) in [4.78, 5) is 0. The van der Waals surface area contributed by atoms with E-state index in [0.29, 0.717) is 0 Å². The molecule has 44 valence electrons. The fourth-order valence-corrected chi connectivity index (χ4v) is 3.29. The van der Waals surface area contributed by atoms with Crippen molar-refractivity contribution < 1.29 is 0 Å². The number of hydrogen-bond donors (Lipinski definition) is 0. The average molecular weight is 305 g/mol. The van der Waals surface area contributed by atoms with Gasteiger partial charge in [0.05, 0.1) is 5.03 Å². The van der Waals surface area contributed by atoms with Crippen molar-refractivity contribution in [3.8, 4) is 0 Å². The minimum absolute atomic E-state index is 0.122. The van der Waals surface area contributed by atoms with Gasteiger partial charge < -0.3 is 0 Å².